The maximum absolute atomic E-state index is 10.3. The summed E-state index contributed by atoms with van der Waals surface area (Å²) in [6.07, 6.45) is 2.83. The van der Waals surface area contributed by atoms with Gasteiger partial charge in [0.2, 0.25) is 0 Å². The van der Waals surface area contributed by atoms with Crippen LogP contribution in [-0.2, 0) is 4.55 Å². The van der Waals surface area contributed by atoms with Gasteiger partial charge in [-0.2, -0.15) is 5.10 Å². The summed E-state index contributed by atoms with van der Waals surface area (Å²) in [7, 11) is 0. The second-order valence-electron chi connectivity index (χ2n) is 1.69. The van der Waals surface area contributed by atoms with Crippen LogP contribution in [0.25, 0.3) is 0 Å². The first-order chi connectivity index (χ1) is 4.74. The lowest BCUT2D eigenvalue weighted by Gasteiger charge is -1.87. The molecule has 0 saturated carbocycles. The van der Waals surface area contributed by atoms with Crippen molar-refractivity contribution in [2.24, 2.45) is 0 Å². The van der Waals surface area contributed by atoms with E-state index in [0.717, 1.165) is 0 Å². The summed E-state index contributed by atoms with van der Waals surface area (Å²) in [5, 5.41) is 12.2. The zero-order chi connectivity index (χ0) is 7.56. The summed E-state index contributed by atoms with van der Waals surface area (Å²) < 4.78 is 2.23. The van der Waals surface area contributed by atoms with Crippen LogP contribution in [0.5, 0.6) is 0 Å². The second-order valence-corrected chi connectivity index (χ2v) is 2.38. The number of halogens is 1. The molecule has 5 heteroatoms. The topological polar surface area (TPSA) is 55.1 Å². The summed E-state index contributed by atoms with van der Waals surface area (Å²) in [4.78, 5) is 10.3. The van der Waals surface area contributed by atoms with Crippen LogP contribution in [0.2, 0.25) is 0 Å². The van der Waals surface area contributed by atoms with Gasteiger partial charge >= 0.3 is 5.97 Å². The predicted molar refractivity (Wildman–Crippen MR) is 43.2 cm³/mol. The molecule has 10 heavy (non-hydrogen) atoms. The van der Waals surface area contributed by atoms with E-state index in [9.17, 15) is 4.79 Å². The van der Waals surface area contributed by atoms with Crippen molar-refractivity contribution in [3.8, 4) is 0 Å². The minimum atomic E-state index is -0.934. The minimum absolute atomic E-state index is 0.233. The molecule has 0 amide bonds. The monoisotopic (exact) mass is 252 g/mol. The number of aromatic nitrogens is 2. The number of aromatic carboxylic acids is 1. The quantitative estimate of drug-likeness (QED) is 0.630. The van der Waals surface area contributed by atoms with Crippen LogP contribution in [0, 0.1) is 0 Å². The zero-order valence-corrected chi connectivity index (χ0v) is 7.15. The van der Waals surface area contributed by atoms with Crippen molar-refractivity contribution in [2.75, 3.05) is 0 Å². The molecule has 0 fully saturated rings. The Balaban J connectivity index is 2.88. The average molecular weight is 252 g/mol. The lowest BCUT2D eigenvalue weighted by molar-refractivity contribution is 0.0697. The first-order valence-corrected chi connectivity index (χ1v) is 4.08. The van der Waals surface area contributed by atoms with Gasteiger partial charge in [-0.05, 0) is 0 Å². The van der Waals surface area contributed by atoms with Crippen molar-refractivity contribution in [1.29, 1.82) is 0 Å². The van der Waals surface area contributed by atoms with Crippen molar-refractivity contribution < 1.29 is 9.90 Å². The number of hydrogen-bond acceptors (Lipinski definition) is 2. The Labute approximate surface area is 71.0 Å². The highest BCUT2D eigenvalue weighted by Gasteiger charge is 2.03. The summed E-state index contributed by atoms with van der Waals surface area (Å²) in [5.74, 6) is -0.934. The molecular formula is C5H5IN2O2. The molecule has 0 radical (unpaired) electrons. The number of rotatable bonds is 2. The molecule has 0 unspecified atom stereocenters. The fourth-order valence-electron chi connectivity index (χ4n) is 0.539. The van der Waals surface area contributed by atoms with Crippen LogP contribution in [0.3, 0.4) is 0 Å². The van der Waals surface area contributed by atoms with Crippen LogP contribution >= 0.6 is 22.6 Å². The molecule has 0 aromatic carbocycles. The Kier molecular flexibility index (Phi) is 2.25. The molecule has 1 heterocycles. The van der Waals surface area contributed by atoms with Gasteiger partial charge in [0.25, 0.3) is 0 Å². The molecule has 1 rings (SSSR count). The maximum Gasteiger partial charge on any atom is 0.338 e. The molecule has 0 aliphatic rings. The Morgan fingerprint density at radius 3 is 2.90 bits per heavy atom. The van der Waals surface area contributed by atoms with E-state index in [0.29, 0.717) is 4.55 Å². The molecule has 0 bridgehead atoms. The maximum atomic E-state index is 10.3. The first kappa shape index (κ1) is 7.52. The lowest BCUT2D eigenvalue weighted by atomic mass is 10.4. The van der Waals surface area contributed by atoms with E-state index in [2.05, 4.69) is 27.7 Å². The molecule has 0 atom stereocenters. The lowest BCUT2D eigenvalue weighted by Crippen LogP contribution is -1.93. The third kappa shape index (κ3) is 1.47. The van der Waals surface area contributed by atoms with E-state index >= 15 is 0 Å². The highest BCUT2D eigenvalue weighted by molar-refractivity contribution is 14.1. The Bertz CT molecular complexity index is 246. The summed E-state index contributed by atoms with van der Waals surface area (Å²) in [6, 6.07) is 0. The van der Waals surface area contributed by atoms with Crippen LogP contribution in [0.1, 0.15) is 10.4 Å². The highest BCUT2D eigenvalue weighted by Crippen LogP contribution is 1.98. The molecule has 54 valence electrons. The number of alkyl halides is 1. The standard InChI is InChI=1S/C5H5IN2O2/c6-3-8-2-4(1-7-8)5(9)10/h1-2H,3H2,(H,9,10). The Morgan fingerprint density at radius 2 is 2.60 bits per heavy atom. The van der Waals surface area contributed by atoms with Gasteiger partial charge in [-0.3, -0.25) is 4.68 Å². The van der Waals surface area contributed by atoms with Gasteiger partial charge in [0.1, 0.15) is 0 Å². The molecule has 1 aromatic rings. The number of carboxylic acids is 1. The molecule has 0 saturated heterocycles. The van der Waals surface area contributed by atoms with Gasteiger partial charge in [0.15, 0.2) is 0 Å². The van der Waals surface area contributed by atoms with Crippen LogP contribution in [0.15, 0.2) is 12.4 Å². The van der Waals surface area contributed by atoms with Gasteiger partial charge in [-0.1, -0.05) is 22.6 Å². The molecule has 0 aliphatic carbocycles. The molecule has 1 aromatic heterocycles. The van der Waals surface area contributed by atoms with Crippen molar-refractivity contribution in [1.82, 2.24) is 9.78 Å². The largest absolute Gasteiger partial charge is 0.478 e. The van der Waals surface area contributed by atoms with Gasteiger partial charge in [-0.15, -0.1) is 0 Å². The molecule has 0 aliphatic heterocycles. The molecular weight excluding hydrogens is 247 g/mol. The number of nitrogens with zero attached hydrogens (tertiary/aromatic N) is 2. The smallest absolute Gasteiger partial charge is 0.338 e. The van der Waals surface area contributed by atoms with E-state index in [1.165, 1.54) is 12.4 Å². The first-order valence-electron chi connectivity index (χ1n) is 2.55. The van der Waals surface area contributed by atoms with Crippen LogP contribution in [-0.4, -0.2) is 20.9 Å². The highest BCUT2D eigenvalue weighted by atomic mass is 127. The van der Waals surface area contributed by atoms with E-state index < -0.39 is 5.97 Å². The zero-order valence-electron chi connectivity index (χ0n) is 4.99. The normalized spacial score (nSPS) is 9.70. The van der Waals surface area contributed by atoms with Gasteiger partial charge in [-0.25, -0.2) is 4.79 Å². The van der Waals surface area contributed by atoms with E-state index in [-0.39, 0.29) is 5.56 Å². The molecule has 1 N–H and O–H groups in total. The molecule has 0 spiro atoms. The van der Waals surface area contributed by atoms with E-state index in [1.807, 2.05) is 0 Å². The van der Waals surface area contributed by atoms with Crippen LogP contribution in [0.4, 0.5) is 0 Å². The third-order valence-corrected chi connectivity index (χ3v) is 1.70. The molecule has 4 nitrogen and oxygen atoms in total. The fraction of sp³-hybridized carbons (Fsp3) is 0.200. The van der Waals surface area contributed by atoms with Gasteiger partial charge in [0.05, 0.1) is 16.3 Å². The third-order valence-electron chi connectivity index (χ3n) is 1.00. The minimum Gasteiger partial charge on any atom is -0.478 e. The number of hydrogen-bond donors (Lipinski definition) is 1. The van der Waals surface area contributed by atoms with E-state index in [4.69, 9.17) is 5.11 Å². The fourth-order valence-corrected chi connectivity index (χ4v) is 0.912. The Morgan fingerprint density at radius 1 is 1.90 bits per heavy atom. The van der Waals surface area contributed by atoms with Crippen molar-refractivity contribution in [3.63, 3.8) is 0 Å². The van der Waals surface area contributed by atoms with Crippen molar-refractivity contribution >= 4 is 28.6 Å². The van der Waals surface area contributed by atoms with Crippen LogP contribution < -0.4 is 0 Å². The summed E-state index contributed by atoms with van der Waals surface area (Å²) in [6.45, 7) is 0. The van der Waals surface area contributed by atoms with Crippen molar-refractivity contribution in [3.05, 3.63) is 18.0 Å². The predicted octanol–water partition coefficient (Wildman–Crippen LogP) is 0.974. The number of carboxylic acid groups (broad SMARTS) is 1. The van der Waals surface area contributed by atoms with Gasteiger partial charge in [0, 0.05) is 6.20 Å². The summed E-state index contributed by atoms with van der Waals surface area (Å²) >= 11 is 2.10. The van der Waals surface area contributed by atoms with Crippen molar-refractivity contribution in [2.45, 2.75) is 4.55 Å². The summed E-state index contributed by atoms with van der Waals surface area (Å²) in [5.41, 5.74) is 0.233. The second kappa shape index (κ2) is 3.00. The van der Waals surface area contributed by atoms with E-state index in [1.54, 1.807) is 4.68 Å². The number of carbonyl (C=O) groups is 1. The van der Waals surface area contributed by atoms with Gasteiger partial charge < -0.3 is 5.11 Å². The average Bonchev–Trinajstić information content (AvgIpc) is 2.34. The Hall–Kier alpha value is -0.590. The SMILES string of the molecule is O=C(O)c1cnn(CI)c1.